The molecule has 0 fully saturated rings. The summed E-state index contributed by atoms with van der Waals surface area (Å²) in [5.41, 5.74) is 5.39. The van der Waals surface area contributed by atoms with E-state index in [1.54, 1.807) is 0 Å². The first-order chi connectivity index (χ1) is 17.8. The van der Waals surface area contributed by atoms with E-state index < -0.39 is 0 Å². The smallest absolute Gasteiger partial charge is 0.307 e. The van der Waals surface area contributed by atoms with E-state index in [4.69, 9.17) is 13.8 Å². The molecule has 0 unspecified atom stereocenters. The minimum atomic E-state index is 0.564. The fourth-order valence-electron chi connectivity index (χ4n) is 5.67. The SMILES string of the molecule is c1ccc2c(c1)oc1ccc3nc(-n4c5ccccc5c5cc6c(cc54)sc4ccccc46)oc3c12. The number of hydrogen-bond acceptors (Lipinski definition) is 4. The molecule has 0 spiro atoms. The highest BCUT2D eigenvalue weighted by Crippen LogP contribution is 2.41. The van der Waals surface area contributed by atoms with Crippen molar-refractivity contribution in [3.05, 3.63) is 97.1 Å². The summed E-state index contributed by atoms with van der Waals surface area (Å²) in [6.07, 6.45) is 0. The molecule has 36 heavy (non-hydrogen) atoms. The summed E-state index contributed by atoms with van der Waals surface area (Å²) in [5.74, 6) is 0. The minimum Gasteiger partial charge on any atom is -0.456 e. The normalized spacial score (nSPS) is 12.4. The molecule has 0 bridgehead atoms. The van der Waals surface area contributed by atoms with Crippen molar-refractivity contribution in [2.45, 2.75) is 0 Å². The van der Waals surface area contributed by atoms with Gasteiger partial charge in [-0.3, -0.25) is 4.57 Å². The van der Waals surface area contributed by atoms with E-state index in [9.17, 15) is 0 Å². The van der Waals surface area contributed by atoms with Crippen molar-refractivity contribution < 1.29 is 8.83 Å². The lowest BCUT2D eigenvalue weighted by molar-refractivity contribution is 0.577. The molecule has 0 radical (unpaired) electrons. The first kappa shape index (κ1) is 18.7. The van der Waals surface area contributed by atoms with Crippen molar-refractivity contribution in [3.8, 4) is 6.01 Å². The molecule has 0 amide bonds. The van der Waals surface area contributed by atoms with Gasteiger partial charge in [0.25, 0.3) is 0 Å². The fourth-order valence-corrected chi connectivity index (χ4v) is 6.79. The number of nitrogens with zero attached hydrogens (tertiary/aromatic N) is 2. The van der Waals surface area contributed by atoms with Crippen molar-refractivity contribution >= 4 is 86.4 Å². The maximum atomic E-state index is 6.57. The summed E-state index contributed by atoms with van der Waals surface area (Å²) < 4.78 is 17.4. The van der Waals surface area contributed by atoms with Gasteiger partial charge in [0.15, 0.2) is 5.58 Å². The molecular formula is C31H16N2O2S. The summed E-state index contributed by atoms with van der Waals surface area (Å²) in [6, 6.07) is 34.3. The van der Waals surface area contributed by atoms with Crippen LogP contribution in [0.15, 0.2) is 106 Å². The third-order valence-electron chi connectivity index (χ3n) is 7.25. The molecular weight excluding hydrogens is 464 g/mol. The van der Waals surface area contributed by atoms with Crippen LogP contribution >= 0.6 is 11.3 Å². The monoisotopic (exact) mass is 480 g/mol. The molecule has 0 saturated heterocycles. The average Bonchev–Trinajstić information content (AvgIpc) is 3.66. The molecule has 0 atom stereocenters. The third kappa shape index (κ3) is 2.30. The second-order valence-corrected chi connectivity index (χ2v) is 10.3. The highest BCUT2D eigenvalue weighted by molar-refractivity contribution is 7.25. The Bertz CT molecular complexity index is 2330. The summed E-state index contributed by atoms with van der Waals surface area (Å²) in [7, 11) is 0. The second kappa shape index (κ2) is 6.53. The van der Waals surface area contributed by atoms with Gasteiger partial charge >= 0.3 is 6.01 Å². The molecule has 5 heteroatoms. The predicted octanol–water partition coefficient (Wildman–Crippen LogP) is 9.19. The number of rotatable bonds is 1. The molecule has 4 aromatic heterocycles. The highest BCUT2D eigenvalue weighted by atomic mass is 32.1. The van der Waals surface area contributed by atoms with E-state index in [1.807, 2.05) is 41.7 Å². The lowest BCUT2D eigenvalue weighted by atomic mass is 10.1. The van der Waals surface area contributed by atoms with Gasteiger partial charge in [0.2, 0.25) is 0 Å². The number of para-hydroxylation sites is 2. The van der Waals surface area contributed by atoms with Crippen LogP contribution in [0, 0.1) is 0 Å². The van der Waals surface area contributed by atoms with Crippen molar-refractivity contribution in [2.24, 2.45) is 0 Å². The largest absolute Gasteiger partial charge is 0.456 e. The Morgan fingerprint density at radius 1 is 0.583 bits per heavy atom. The van der Waals surface area contributed by atoms with Gasteiger partial charge < -0.3 is 8.83 Å². The molecule has 0 saturated carbocycles. The second-order valence-electron chi connectivity index (χ2n) is 9.20. The highest BCUT2D eigenvalue weighted by Gasteiger charge is 2.20. The lowest BCUT2D eigenvalue weighted by Gasteiger charge is -2.02. The van der Waals surface area contributed by atoms with Crippen LogP contribution in [-0.2, 0) is 0 Å². The average molecular weight is 481 g/mol. The van der Waals surface area contributed by atoms with Gasteiger partial charge in [0.05, 0.1) is 16.4 Å². The summed E-state index contributed by atoms with van der Waals surface area (Å²) in [4.78, 5) is 4.97. The number of oxazole rings is 1. The van der Waals surface area contributed by atoms with E-state index in [0.29, 0.717) is 6.01 Å². The standard InChI is InChI=1S/C31H16N2O2S/c1-4-10-23-17(7-1)20-15-21-18-8-3-6-12-27(18)36-28(21)16-24(20)33(23)31-32-22-13-14-26-29(30(22)35-31)19-9-2-5-11-25(19)34-26/h1-16H. The van der Waals surface area contributed by atoms with Gasteiger partial charge in [-0.2, -0.15) is 4.98 Å². The van der Waals surface area contributed by atoms with Crippen molar-refractivity contribution in [1.82, 2.24) is 9.55 Å². The van der Waals surface area contributed by atoms with E-state index in [-0.39, 0.29) is 0 Å². The molecule has 168 valence electrons. The third-order valence-corrected chi connectivity index (χ3v) is 8.38. The van der Waals surface area contributed by atoms with Gasteiger partial charge in [-0.25, -0.2) is 0 Å². The van der Waals surface area contributed by atoms with E-state index in [0.717, 1.165) is 44.1 Å². The van der Waals surface area contributed by atoms with Crippen LogP contribution in [0.1, 0.15) is 0 Å². The molecule has 0 aliphatic carbocycles. The minimum absolute atomic E-state index is 0.564. The lowest BCUT2D eigenvalue weighted by Crippen LogP contribution is -1.93. The number of thiophene rings is 1. The Kier molecular flexibility index (Phi) is 3.39. The van der Waals surface area contributed by atoms with E-state index in [1.165, 1.54) is 30.9 Å². The Labute approximate surface area is 207 Å². The van der Waals surface area contributed by atoms with Crippen LogP contribution in [-0.4, -0.2) is 9.55 Å². The van der Waals surface area contributed by atoms with E-state index in [2.05, 4.69) is 71.3 Å². The Morgan fingerprint density at radius 2 is 1.39 bits per heavy atom. The number of furan rings is 1. The van der Waals surface area contributed by atoms with Gasteiger partial charge in [0.1, 0.15) is 16.7 Å². The predicted molar refractivity (Wildman–Crippen MR) is 149 cm³/mol. The number of benzene rings is 5. The molecule has 9 aromatic rings. The molecule has 5 aromatic carbocycles. The molecule has 0 aliphatic heterocycles. The topological polar surface area (TPSA) is 44.1 Å². The maximum Gasteiger partial charge on any atom is 0.307 e. The van der Waals surface area contributed by atoms with Crippen LogP contribution in [0.2, 0.25) is 0 Å². The van der Waals surface area contributed by atoms with E-state index >= 15 is 0 Å². The summed E-state index contributed by atoms with van der Waals surface area (Å²) in [6.45, 7) is 0. The zero-order chi connectivity index (χ0) is 23.4. The zero-order valence-corrected chi connectivity index (χ0v) is 19.7. The molecule has 4 heterocycles. The molecule has 4 nitrogen and oxygen atoms in total. The van der Waals surface area contributed by atoms with Gasteiger partial charge in [0, 0.05) is 36.3 Å². The molecule has 9 rings (SSSR count). The quantitative estimate of drug-likeness (QED) is 0.235. The summed E-state index contributed by atoms with van der Waals surface area (Å²) in [5, 5.41) is 6.97. The Hall–Kier alpha value is -4.61. The van der Waals surface area contributed by atoms with Crippen LogP contribution < -0.4 is 0 Å². The van der Waals surface area contributed by atoms with Gasteiger partial charge in [-0.15, -0.1) is 11.3 Å². The van der Waals surface area contributed by atoms with Crippen LogP contribution in [0.4, 0.5) is 0 Å². The first-order valence-electron chi connectivity index (χ1n) is 11.9. The Morgan fingerprint density at radius 3 is 2.33 bits per heavy atom. The fraction of sp³-hybridized carbons (Fsp3) is 0. The Balaban J connectivity index is 1.42. The first-order valence-corrected chi connectivity index (χ1v) is 12.7. The van der Waals surface area contributed by atoms with Gasteiger partial charge in [-0.05, 0) is 42.5 Å². The van der Waals surface area contributed by atoms with Crippen molar-refractivity contribution in [3.63, 3.8) is 0 Å². The molecule has 0 aliphatic rings. The van der Waals surface area contributed by atoms with Crippen LogP contribution in [0.5, 0.6) is 0 Å². The van der Waals surface area contributed by atoms with Crippen LogP contribution in [0.3, 0.4) is 0 Å². The number of hydrogen-bond donors (Lipinski definition) is 0. The number of aromatic nitrogens is 2. The number of fused-ring (bicyclic) bond motifs is 11. The zero-order valence-electron chi connectivity index (χ0n) is 18.9. The molecule has 0 N–H and O–H groups in total. The van der Waals surface area contributed by atoms with Crippen molar-refractivity contribution in [2.75, 3.05) is 0 Å². The maximum absolute atomic E-state index is 6.57. The van der Waals surface area contributed by atoms with Crippen molar-refractivity contribution in [1.29, 1.82) is 0 Å². The van der Waals surface area contributed by atoms with Crippen LogP contribution in [0.25, 0.3) is 81.0 Å². The summed E-state index contributed by atoms with van der Waals surface area (Å²) >= 11 is 1.82. The van der Waals surface area contributed by atoms with Gasteiger partial charge in [-0.1, -0.05) is 54.6 Å².